The lowest BCUT2D eigenvalue weighted by molar-refractivity contribution is 0.145. The normalized spacial score (nSPS) is 18.0. The molecular weight excluding hydrogens is 254 g/mol. The standard InChI is InChI=1S/C11H17N3O3S/c12-8-1-2-10(11(7-8)18(13,16)17)14-5-3-9(15)4-6-14/h1-2,7,9,15H,3-6,12H2,(H2,13,16,17). The minimum atomic E-state index is -3.80. The number of anilines is 2. The lowest BCUT2D eigenvalue weighted by Crippen LogP contribution is -2.36. The van der Waals surface area contributed by atoms with Crippen LogP contribution in [0.3, 0.4) is 0 Å². The minimum Gasteiger partial charge on any atom is -0.399 e. The Bertz CT molecular complexity index is 536. The Hall–Kier alpha value is -1.31. The molecule has 0 amide bonds. The van der Waals surface area contributed by atoms with E-state index in [9.17, 15) is 13.5 Å². The predicted octanol–water partition coefficient (Wildman–Crippen LogP) is -0.123. The van der Waals surface area contributed by atoms with Gasteiger partial charge in [-0.3, -0.25) is 0 Å². The number of aliphatic hydroxyl groups is 1. The molecule has 1 aromatic carbocycles. The summed E-state index contributed by atoms with van der Waals surface area (Å²) in [7, 11) is -3.80. The summed E-state index contributed by atoms with van der Waals surface area (Å²) in [6, 6.07) is 4.68. The summed E-state index contributed by atoms with van der Waals surface area (Å²) in [5, 5.41) is 14.7. The number of nitrogens with zero attached hydrogens (tertiary/aromatic N) is 1. The summed E-state index contributed by atoms with van der Waals surface area (Å²) < 4.78 is 23.1. The van der Waals surface area contributed by atoms with Crippen LogP contribution in [0.4, 0.5) is 11.4 Å². The summed E-state index contributed by atoms with van der Waals surface area (Å²) >= 11 is 0. The molecule has 0 spiro atoms. The fourth-order valence-corrected chi connectivity index (χ4v) is 2.92. The highest BCUT2D eigenvalue weighted by atomic mass is 32.2. The van der Waals surface area contributed by atoms with Gasteiger partial charge in [0.1, 0.15) is 4.90 Å². The number of piperidine rings is 1. The molecule has 1 aliphatic heterocycles. The maximum absolute atomic E-state index is 11.6. The highest BCUT2D eigenvalue weighted by Crippen LogP contribution is 2.28. The van der Waals surface area contributed by atoms with E-state index in [1.807, 2.05) is 4.90 Å². The third-order valence-electron chi connectivity index (χ3n) is 3.10. The van der Waals surface area contributed by atoms with Gasteiger partial charge in [-0.25, -0.2) is 13.6 Å². The van der Waals surface area contributed by atoms with E-state index in [2.05, 4.69) is 0 Å². The van der Waals surface area contributed by atoms with Gasteiger partial charge in [-0.2, -0.15) is 0 Å². The van der Waals surface area contributed by atoms with Crippen LogP contribution in [0.15, 0.2) is 23.1 Å². The number of rotatable bonds is 2. The van der Waals surface area contributed by atoms with Crippen LogP contribution >= 0.6 is 0 Å². The van der Waals surface area contributed by atoms with Gasteiger partial charge in [-0.05, 0) is 31.0 Å². The van der Waals surface area contributed by atoms with Crippen molar-refractivity contribution in [2.24, 2.45) is 5.14 Å². The molecule has 0 bridgehead atoms. The largest absolute Gasteiger partial charge is 0.399 e. The average Bonchev–Trinajstić information content (AvgIpc) is 2.29. The van der Waals surface area contributed by atoms with Gasteiger partial charge >= 0.3 is 0 Å². The first kappa shape index (κ1) is 13.1. The molecule has 0 unspecified atom stereocenters. The number of primary sulfonamides is 1. The Morgan fingerprint density at radius 3 is 2.44 bits per heavy atom. The molecule has 1 aliphatic rings. The van der Waals surface area contributed by atoms with Crippen LogP contribution < -0.4 is 15.8 Å². The number of nitrogens with two attached hydrogens (primary N) is 2. The third kappa shape index (κ3) is 2.74. The molecule has 1 aromatic rings. The summed E-state index contributed by atoms with van der Waals surface area (Å²) in [6.07, 6.45) is 0.927. The summed E-state index contributed by atoms with van der Waals surface area (Å²) in [6.45, 7) is 1.21. The molecule has 6 nitrogen and oxygen atoms in total. The van der Waals surface area contributed by atoms with E-state index in [0.717, 1.165) is 0 Å². The molecule has 5 N–H and O–H groups in total. The fraction of sp³-hybridized carbons (Fsp3) is 0.455. The third-order valence-corrected chi connectivity index (χ3v) is 4.04. The van der Waals surface area contributed by atoms with Crippen molar-refractivity contribution in [1.82, 2.24) is 0 Å². The lowest BCUT2D eigenvalue weighted by Gasteiger charge is -2.32. The predicted molar refractivity (Wildman–Crippen MR) is 69.7 cm³/mol. The molecule has 0 aliphatic carbocycles. The monoisotopic (exact) mass is 271 g/mol. The van der Waals surface area contributed by atoms with E-state index in [1.54, 1.807) is 12.1 Å². The molecule has 1 fully saturated rings. The second-order valence-corrected chi connectivity index (χ2v) is 6.02. The van der Waals surface area contributed by atoms with Crippen molar-refractivity contribution in [2.45, 2.75) is 23.8 Å². The Labute approximate surface area is 106 Å². The maximum Gasteiger partial charge on any atom is 0.240 e. The molecule has 100 valence electrons. The quantitative estimate of drug-likeness (QED) is 0.649. The Morgan fingerprint density at radius 1 is 1.28 bits per heavy atom. The van der Waals surface area contributed by atoms with E-state index in [4.69, 9.17) is 10.9 Å². The second-order valence-electron chi connectivity index (χ2n) is 4.49. The maximum atomic E-state index is 11.6. The van der Waals surface area contributed by atoms with E-state index < -0.39 is 10.0 Å². The van der Waals surface area contributed by atoms with Gasteiger partial charge < -0.3 is 15.7 Å². The SMILES string of the molecule is Nc1ccc(N2CCC(O)CC2)c(S(N)(=O)=O)c1. The van der Waals surface area contributed by atoms with Gasteiger partial charge in [0.15, 0.2) is 0 Å². The fourth-order valence-electron chi connectivity index (χ4n) is 2.13. The second kappa shape index (κ2) is 4.75. The number of hydrogen-bond acceptors (Lipinski definition) is 5. The highest BCUT2D eigenvalue weighted by molar-refractivity contribution is 7.89. The first-order valence-corrected chi connectivity index (χ1v) is 7.28. The molecular formula is C11H17N3O3S. The van der Waals surface area contributed by atoms with Gasteiger partial charge in [0.05, 0.1) is 11.8 Å². The molecule has 0 radical (unpaired) electrons. The van der Waals surface area contributed by atoms with Crippen molar-refractivity contribution in [2.75, 3.05) is 23.7 Å². The van der Waals surface area contributed by atoms with Gasteiger partial charge in [-0.1, -0.05) is 0 Å². The summed E-state index contributed by atoms with van der Waals surface area (Å²) in [5.74, 6) is 0. The van der Waals surface area contributed by atoms with Crippen LogP contribution in [0.2, 0.25) is 0 Å². The molecule has 0 aromatic heterocycles. The van der Waals surface area contributed by atoms with Gasteiger partial charge in [0.2, 0.25) is 10.0 Å². The molecule has 1 heterocycles. The minimum absolute atomic E-state index is 0.0406. The average molecular weight is 271 g/mol. The molecule has 1 saturated heterocycles. The van der Waals surface area contributed by atoms with E-state index >= 15 is 0 Å². The van der Waals surface area contributed by atoms with Crippen LogP contribution in [0.25, 0.3) is 0 Å². The van der Waals surface area contributed by atoms with Gasteiger partial charge in [0.25, 0.3) is 0 Å². The van der Waals surface area contributed by atoms with Crippen LogP contribution in [-0.2, 0) is 10.0 Å². The van der Waals surface area contributed by atoms with Crippen LogP contribution in [-0.4, -0.2) is 32.7 Å². The van der Waals surface area contributed by atoms with Gasteiger partial charge in [-0.15, -0.1) is 0 Å². The van der Waals surface area contributed by atoms with Crippen molar-refractivity contribution in [3.8, 4) is 0 Å². The zero-order valence-electron chi connectivity index (χ0n) is 9.91. The first-order valence-electron chi connectivity index (χ1n) is 5.73. The first-order chi connectivity index (χ1) is 8.38. The van der Waals surface area contributed by atoms with Crippen molar-refractivity contribution >= 4 is 21.4 Å². The molecule has 0 saturated carbocycles. The van der Waals surface area contributed by atoms with Crippen molar-refractivity contribution in [1.29, 1.82) is 0 Å². The Balaban J connectivity index is 2.39. The highest BCUT2D eigenvalue weighted by Gasteiger charge is 2.23. The van der Waals surface area contributed by atoms with E-state index in [0.29, 0.717) is 37.3 Å². The Morgan fingerprint density at radius 2 is 1.89 bits per heavy atom. The van der Waals surface area contributed by atoms with Crippen LogP contribution in [0, 0.1) is 0 Å². The van der Waals surface area contributed by atoms with Crippen molar-refractivity contribution < 1.29 is 13.5 Å². The Kier molecular flexibility index (Phi) is 3.47. The van der Waals surface area contributed by atoms with Crippen molar-refractivity contribution in [3.05, 3.63) is 18.2 Å². The number of hydrogen-bond donors (Lipinski definition) is 3. The molecule has 0 atom stereocenters. The summed E-state index contributed by atoms with van der Waals surface area (Å²) in [5.41, 5.74) is 6.51. The van der Waals surface area contributed by atoms with Crippen molar-refractivity contribution in [3.63, 3.8) is 0 Å². The number of aliphatic hydroxyl groups excluding tert-OH is 1. The zero-order chi connectivity index (χ0) is 13.3. The number of nitrogen functional groups attached to an aromatic ring is 1. The molecule has 7 heteroatoms. The zero-order valence-corrected chi connectivity index (χ0v) is 10.7. The number of benzene rings is 1. The topological polar surface area (TPSA) is 110 Å². The van der Waals surface area contributed by atoms with E-state index in [-0.39, 0.29) is 11.0 Å². The van der Waals surface area contributed by atoms with Gasteiger partial charge in [0, 0.05) is 18.8 Å². The number of sulfonamides is 1. The smallest absolute Gasteiger partial charge is 0.240 e. The van der Waals surface area contributed by atoms with Crippen LogP contribution in [0.5, 0.6) is 0 Å². The lowest BCUT2D eigenvalue weighted by atomic mass is 10.1. The molecule has 18 heavy (non-hydrogen) atoms. The van der Waals surface area contributed by atoms with Crippen LogP contribution in [0.1, 0.15) is 12.8 Å². The molecule has 2 rings (SSSR count). The summed E-state index contributed by atoms with van der Waals surface area (Å²) in [4.78, 5) is 1.95. The van der Waals surface area contributed by atoms with E-state index in [1.165, 1.54) is 6.07 Å².